The lowest BCUT2D eigenvalue weighted by Crippen LogP contribution is -2.42. The molecule has 0 unspecified atom stereocenters. The van der Waals surface area contributed by atoms with E-state index in [1.165, 1.54) is 44.3 Å². The summed E-state index contributed by atoms with van der Waals surface area (Å²) >= 11 is 0. The zero-order chi connectivity index (χ0) is 21.0. The Morgan fingerprint density at radius 2 is 1.70 bits per heavy atom. The first-order valence-electron chi connectivity index (χ1n) is 11.4. The van der Waals surface area contributed by atoms with E-state index in [0.29, 0.717) is 25.0 Å². The average molecular weight is 412 g/mol. The molecule has 1 aliphatic heterocycles. The first-order chi connectivity index (χ1) is 14.8. The van der Waals surface area contributed by atoms with Crippen molar-refractivity contribution in [1.82, 2.24) is 4.90 Å². The molecular formula is C26H37NO3. The van der Waals surface area contributed by atoms with E-state index in [2.05, 4.69) is 42.2 Å². The molecule has 2 aromatic carbocycles. The summed E-state index contributed by atoms with van der Waals surface area (Å²) in [5, 5.41) is 0. The predicted octanol–water partition coefficient (Wildman–Crippen LogP) is 5.39. The maximum absolute atomic E-state index is 6.09. The Hall–Kier alpha value is -2.04. The van der Waals surface area contributed by atoms with Gasteiger partial charge in [0.1, 0.15) is 18.1 Å². The van der Waals surface area contributed by atoms with Gasteiger partial charge in [0.25, 0.3) is 0 Å². The molecule has 1 heterocycles. The monoisotopic (exact) mass is 411 g/mol. The van der Waals surface area contributed by atoms with E-state index in [-0.39, 0.29) is 0 Å². The lowest BCUT2D eigenvalue weighted by atomic mass is 9.81. The lowest BCUT2D eigenvalue weighted by molar-refractivity contribution is 0.0356. The van der Waals surface area contributed by atoms with Crippen LogP contribution in [0.2, 0.25) is 0 Å². The molecule has 0 amide bonds. The van der Waals surface area contributed by atoms with Crippen molar-refractivity contribution < 1.29 is 14.2 Å². The summed E-state index contributed by atoms with van der Waals surface area (Å²) in [6, 6.07) is 18.7. The number of nitrogens with zero attached hydrogens (tertiary/aromatic N) is 1. The first kappa shape index (κ1) is 22.6. The second-order valence-electron chi connectivity index (χ2n) is 8.17. The molecule has 0 N–H and O–H groups in total. The van der Waals surface area contributed by atoms with Crippen molar-refractivity contribution in [2.45, 2.75) is 38.5 Å². The number of unbranched alkanes of at least 4 members (excludes halogenated alkanes) is 2. The maximum Gasteiger partial charge on any atom is 0.119 e. The molecule has 0 aromatic heterocycles. The molecule has 0 bridgehead atoms. The van der Waals surface area contributed by atoms with Gasteiger partial charge < -0.3 is 19.1 Å². The summed E-state index contributed by atoms with van der Waals surface area (Å²) in [5.74, 6) is 2.80. The highest BCUT2D eigenvalue weighted by Crippen LogP contribution is 2.33. The van der Waals surface area contributed by atoms with E-state index in [1.807, 2.05) is 24.3 Å². The van der Waals surface area contributed by atoms with Crippen LogP contribution in [0.25, 0.3) is 0 Å². The van der Waals surface area contributed by atoms with Crippen LogP contribution < -0.4 is 9.47 Å². The van der Waals surface area contributed by atoms with Crippen molar-refractivity contribution in [3.05, 3.63) is 60.2 Å². The van der Waals surface area contributed by atoms with Gasteiger partial charge in [0.15, 0.2) is 0 Å². The number of methoxy groups -OCH3 is 1. The fourth-order valence-electron chi connectivity index (χ4n) is 4.33. The van der Waals surface area contributed by atoms with Crippen LogP contribution in [-0.4, -0.2) is 51.5 Å². The molecule has 2 atom stereocenters. The Labute approximate surface area is 182 Å². The molecule has 2 aromatic rings. The lowest BCUT2D eigenvalue weighted by Gasteiger charge is -2.39. The molecule has 0 aliphatic carbocycles. The summed E-state index contributed by atoms with van der Waals surface area (Å²) in [6.45, 7) is 7.77. The molecule has 4 nitrogen and oxygen atoms in total. The third-order valence-corrected chi connectivity index (χ3v) is 6.01. The van der Waals surface area contributed by atoms with Gasteiger partial charge in [-0.15, -0.1) is 0 Å². The summed E-state index contributed by atoms with van der Waals surface area (Å²) in [5.41, 5.74) is 1.45. The molecular weight excluding hydrogens is 374 g/mol. The summed E-state index contributed by atoms with van der Waals surface area (Å²) < 4.78 is 17.1. The van der Waals surface area contributed by atoms with Crippen molar-refractivity contribution in [3.63, 3.8) is 0 Å². The standard InChI is InChI=1S/C26H37NO3/c1-3-4-8-16-27-17-15-26(22-9-6-5-7-10-22)23(20-27)21-29-18-19-30-25-13-11-24(28-2)12-14-25/h5-7,9-14,23,26H,3-4,8,15-21H2,1-2H3/t23-,26-/m0/s1. The third-order valence-electron chi connectivity index (χ3n) is 6.01. The number of benzene rings is 2. The van der Waals surface area contributed by atoms with E-state index in [1.54, 1.807) is 7.11 Å². The summed E-state index contributed by atoms with van der Waals surface area (Å²) in [4.78, 5) is 2.64. The van der Waals surface area contributed by atoms with Crippen LogP contribution in [0.1, 0.15) is 44.1 Å². The highest BCUT2D eigenvalue weighted by Gasteiger charge is 2.30. The molecule has 3 rings (SSSR count). The molecule has 4 heteroatoms. The largest absolute Gasteiger partial charge is 0.497 e. The van der Waals surface area contributed by atoms with Crippen LogP contribution in [0.15, 0.2) is 54.6 Å². The van der Waals surface area contributed by atoms with Crippen molar-refractivity contribution in [2.75, 3.05) is 46.6 Å². The Morgan fingerprint density at radius 3 is 2.43 bits per heavy atom. The Balaban J connectivity index is 1.47. The number of likely N-dealkylation sites (tertiary alicyclic amines) is 1. The van der Waals surface area contributed by atoms with Gasteiger partial charge in [0, 0.05) is 12.5 Å². The predicted molar refractivity (Wildman–Crippen MR) is 123 cm³/mol. The molecule has 1 fully saturated rings. The molecule has 1 saturated heterocycles. The van der Waals surface area contributed by atoms with Gasteiger partial charge >= 0.3 is 0 Å². The van der Waals surface area contributed by atoms with Crippen molar-refractivity contribution in [1.29, 1.82) is 0 Å². The van der Waals surface area contributed by atoms with Crippen LogP contribution in [0.5, 0.6) is 11.5 Å². The molecule has 0 saturated carbocycles. The van der Waals surface area contributed by atoms with Crippen LogP contribution in [-0.2, 0) is 4.74 Å². The van der Waals surface area contributed by atoms with Crippen LogP contribution in [0, 0.1) is 5.92 Å². The number of ether oxygens (including phenoxy) is 3. The summed E-state index contributed by atoms with van der Waals surface area (Å²) in [6.07, 6.45) is 5.12. The Morgan fingerprint density at radius 1 is 0.933 bits per heavy atom. The molecule has 164 valence electrons. The van der Waals surface area contributed by atoms with Gasteiger partial charge in [0.2, 0.25) is 0 Å². The van der Waals surface area contributed by atoms with Gasteiger partial charge in [-0.3, -0.25) is 0 Å². The van der Waals surface area contributed by atoms with Gasteiger partial charge in [-0.25, -0.2) is 0 Å². The van der Waals surface area contributed by atoms with Crippen LogP contribution in [0.3, 0.4) is 0 Å². The normalized spacial score (nSPS) is 19.5. The fourth-order valence-corrected chi connectivity index (χ4v) is 4.33. The van der Waals surface area contributed by atoms with E-state index in [4.69, 9.17) is 14.2 Å². The number of hydrogen-bond donors (Lipinski definition) is 0. The second-order valence-corrected chi connectivity index (χ2v) is 8.17. The number of rotatable bonds is 12. The third kappa shape index (κ3) is 7.03. The van der Waals surface area contributed by atoms with Gasteiger partial charge in [-0.2, -0.15) is 0 Å². The molecule has 1 aliphatic rings. The zero-order valence-electron chi connectivity index (χ0n) is 18.6. The smallest absolute Gasteiger partial charge is 0.119 e. The minimum atomic E-state index is 0.531. The molecule has 30 heavy (non-hydrogen) atoms. The second kappa shape index (κ2) is 12.6. The summed E-state index contributed by atoms with van der Waals surface area (Å²) in [7, 11) is 1.67. The van der Waals surface area contributed by atoms with Gasteiger partial charge in [-0.05, 0) is 61.7 Å². The molecule has 0 radical (unpaired) electrons. The van der Waals surface area contributed by atoms with Crippen molar-refractivity contribution in [2.24, 2.45) is 5.92 Å². The number of piperidine rings is 1. The SMILES string of the molecule is CCCCCN1CC[C@@H](c2ccccc2)[C@H](COCCOc2ccc(OC)cc2)C1. The quantitative estimate of drug-likeness (QED) is 0.438. The Kier molecular flexibility index (Phi) is 9.52. The number of hydrogen-bond acceptors (Lipinski definition) is 4. The van der Waals surface area contributed by atoms with Gasteiger partial charge in [0.05, 0.1) is 20.3 Å². The van der Waals surface area contributed by atoms with Gasteiger partial charge in [-0.1, -0.05) is 50.1 Å². The minimum Gasteiger partial charge on any atom is -0.497 e. The van der Waals surface area contributed by atoms with E-state index < -0.39 is 0 Å². The van der Waals surface area contributed by atoms with Crippen LogP contribution >= 0.6 is 0 Å². The zero-order valence-corrected chi connectivity index (χ0v) is 18.6. The van der Waals surface area contributed by atoms with E-state index in [9.17, 15) is 0 Å². The maximum atomic E-state index is 6.09. The average Bonchev–Trinajstić information content (AvgIpc) is 2.80. The fraction of sp³-hybridized carbons (Fsp3) is 0.538. The van der Waals surface area contributed by atoms with E-state index >= 15 is 0 Å². The highest BCUT2D eigenvalue weighted by atomic mass is 16.5. The van der Waals surface area contributed by atoms with Crippen molar-refractivity contribution >= 4 is 0 Å². The van der Waals surface area contributed by atoms with Crippen molar-refractivity contribution in [3.8, 4) is 11.5 Å². The molecule has 0 spiro atoms. The first-order valence-corrected chi connectivity index (χ1v) is 11.4. The van der Waals surface area contributed by atoms with E-state index in [0.717, 1.165) is 24.7 Å². The van der Waals surface area contributed by atoms with Crippen LogP contribution in [0.4, 0.5) is 0 Å². The minimum absolute atomic E-state index is 0.531. The Bertz CT molecular complexity index is 704. The topological polar surface area (TPSA) is 30.9 Å². The highest BCUT2D eigenvalue weighted by molar-refractivity contribution is 5.31.